The van der Waals surface area contributed by atoms with Crippen LogP contribution in [-0.2, 0) is 19.0 Å². The van der Waals surface area contributed by atoms with Gasteiger partial charge < -0.3 is 14.2 Å². The van der Waals surface area contributed by atoms with Gasteiger partial charge in [-0.3, -0.25) is 4.79 Å². The summed E-state index contributed by atoms with van der Waals surface area (Å²) in [5, 5.41) is 0. The third-order valence-corrected chi connectivity index (χ3v) is 2.31. The van der Waals surface area contributed by atoms with Gasteiger partial charge in [0.2, 0.25) is 0 Å². The molecule has 1 aliphatic rings. The Bertz CT molecular complexity index is 290. The van der Waals surface area contributed by atoms with Gasteiger partial charge in [0.25, 0.3) is 0 Å². The molecule has 0 saturated carbocycles. The Balaban J connectivity index is 2.29. The number of hydrogen-bond acceptors (Lipinski definition) is 4. The number of esters is 1. The van der Waals surface area contributed by atoms with Crippen molar-refractivity contribution in [1.82, 2.24) is 0 Å². The minimum Gasteiger partial charge on any atom is -0.449 e. The van der Waals surface area contributed by atoms with Gasteiger partial charge in [0.05, 0.1) is 12.7 Å². The Morgan fingerprint density at radius 3 is 2.81 bits per heavy atom. The molecule has 0 amide bonds. The summed E-state index contributed by atoms with van der Waals surface area (Å²) in [7, 11) is 0. The van der Waals surface area contributed by atoms with Gasteiger partial charge in [-0.15, -0.1) is 6.42 Å². The SMILES string of the molecule is C#C[C@@H](CC[C@@H]1COC(C)(C)O1)OC(C)=O. The lowest BCUT2D eigenvalue weighted by molar-refractivity contribution is -0.146. The summed E-state index contributed by atoms with van der Waals surface area (Å²) in [5.74, 6) is 1.57. The van der Waals surface area contributed by atoms with Crippen molar-refractivity contribution in [1.29, 1.82) is 0 Å². The fourth-order valence-electron chi connectivity index (χ4n) is 1.62. The fourth-order valence-corrected chi connectivity index (χ4v) is 1.62. The Hall–Kier alpha value is -1.05. The van der Waals surface area contributed by atoms with Gasteiger partial charge in [-0.25, -0.2) is 0 Å². The molecule has 0 unspecified atom stereocenters. The van der Waals surface area contributed by atoms with Gasteiger partial charge in [0, 0.05) is 6.92 Å². The molecule has 90 valence electrons. The van der Waals surface area contributed by atoms with Crippen LogP contribution in [0.15, 0.2) is 0 Å². The highest BCUT2D eigenvalue weighted by Gasteiger charge is 2.32. The van der Waals surface area contributed by atoms with Crippen molar-refractivity contribution in [3.8, 4) is 12.3 Å². The van der Waals surface area contributed by atoms with Crippen LogP contribution >= 0.6 is 0 Å². The van der Waals surface area contributed by atoms with Crippen LogP contribution in [0.1, 0.15) is 33.6 Å². The highest BCUT2D eigenvalue weighted by Crippen LogP contribution is 2.25. The van der Waals surface area contributed by atoms with Crippen molar-refractivity contribution >= 4 is 5.97 Å². The zero-order chi connectivity index (χ0) is 12.2. The van der Waals surface area contributed by atoms with Crippen molar-refractivity contribution in [3.63, 3.8) is 0 Å². The molecule has 2 atom stereocenters. The van der Waals surface area contributed by atoms with E-state index in [1.54, 1.807) is 0 Å². The molecule has 0 bridgehead atoms. The van der Waals surface area contributed by atoms with E-state index in [9.17, 15) is 4.79 Å². The molecule has 0 N–H and O–H groups in total. The second kappa shape index (κ2) is 5.33. The van der Waals surface area contributed by atoms with E-state index >= 15 is 0 Å². The number of hydrogen-bond donors (Lipinski definition) is 0. The molecule has 1 rings (SSSR count). The second-order valence-electron chi connectivity index (χ2n) is 4.29. The van der Waals surface area contributed by atoms with E-state index < -0.39 is 11.9 Å². The molecular formula is C12H18O4. The first kappa shape index (κ1) is 13.0. The van der Waals surface area contributed by atoms with E-state index in [2.05, 4.69) is 5.92 Å². The van der Waals surface area contributed by atoms with E-state index in [1.165, 1.54) is 6.92 Å². The molecule has 1 heterocycles. The Morgan fingerprint density at radius 2 is 2.38 bits per heavy atom. The third kappa shape index (κ3) is 4.21. The largest absolute Gasteiger partial charge is 0.449 e. The van der Waals surface area contributed by atoms with Gasteiger partial charge in [0.15, 0.2) is 11.9 Å². The lowest BCUT2D eigenvalue weighted by Gasteiger charge is -2.17. The second-order valence-corrected chi connectivity index (χ2v) is 4.29. The van der Waals surface area contributed by atoms with E-state index in [4.69, 9.17) is 20.6 Å². The monoisotopic (exact) mass is 226 g/mol. The van der Waals surface area contributed by atoms with Crippen molar-refractivity contribution in [2.75, 3.05) is 6.61 Å². The van der Waals surface area contributed by atoms with Gasteiger partial charge in [-0.2, -0.15) is 0 Å². The maximum absolute atomic E-state index is 10.7. The van der Waals surface area contributed by atoms with E-state index in [0.29, 0.717) is 13.0 Å². The van der Waals surface area contributed by atoms with Crippen molar-refractivity contribution in [2.24, 2.45) is 0 Å². The van der Waals surface area contributed by atoms with Crippen LogP contribution in [0.4, 0.5) is 0 Å². The molecule has 1 saturated heterocycles. The average Bonchev–Trinajstić information content (AvgIpc) is 2.52. The Morgan fingerprint density at radius 1 is 1.69 bits per heavy atom. The normalized spacial score (nSPS) is 24.8. The van der Waals surface area contributed by atoms with Gasteiger partial charge in [-0.1, -0.05) is 5.92 Å². The number of carbonyl (C=O) groups is 1. The highest BCUT2D eigenvalue weighted by atomic mass is 16.7. The molecule has 4 nitrogen and oxygen atoms in total. The van der Waals surface area contributed by atoms with Crippen LogP contribution in [-0.4, -0.2) is 30.6 Å². The van der Waals surface area contributed by atoms with Gasteiger partial charge >= 0.3 is 5.97 Å². The topological polar surface area (TPSA) is 44.8 Å². The summed E-state index contributed by atoms with van der Waals surface area (Å²) >= 11 is 0. The average molecular weight is 226 g/mol. The summed E-state index contributed by atoms with van der Waals surface area (Å²) in [4.78, 5) is 10.7. The fraction of sp³-hybridized carbons (Fsp3) is 0.750. The molecular weight excluding hydrogens is 208 g/mol. The predicted octanol–water partition coefficient (Wildman–Crippen LogP) is 1.48. The lowest BCUT2D eigenvalue weighted by atomic mass is 10.1. The number of rotatable bonds is 4. The summed E-state index contributed by atoms with van der Waals surface area (Å²) < 4.78 is 16.0. The summed E-state index contributed by atoms with van der Waals surface area (Å²) in [6.45, 7) is 5.66. The molecule has 0 aliphatic carbocycles. The van der Waals surface area contributed by atoms with Gasteiger partial charge in [0.1, 0.15) is 0 Å². The quantitative estimate of drug-likeness (QED) is 0.538. The Labute approximate surface area is 96.2 Å². The van der Waals surface area contributed by atoms with E-state index in [0.717, 1.165) is 6.42 Å². The molecule has 0 radical (unpaired) electrons. The molecule has 4 heteroatoms. The predicted molar refractivity (Wildman–Crippen MR) is 58.5 cm³/mol. The molecule has 1 aliphatic heterocycles. The van der Waals surface area contributed by atoms with Crippen LogP contribution < -0.4 is 0 Å². The number of terminal acetylenes is 1. The molecule has 0 spiro atoms. The number of ether oxygens (including phenoxy) is 3. The smallest absolute Gasteiger partial charge is 0.303 e. The molecule has 0 aromatic rings. The minimum atomic E-state index is -0.516. The molecule has 1 fully saturated rings. The summed E-state index contributed by atoms with van der Waals surface area (Å²) in [5.41, 5.74) is 0. The van der Waals surface area contributed by atoms with Crippen molar-refractivity contribution in [2.45, 2.75) is 51.6 Å². The standard InChI is InChI=1S/C12H18O4/c1-5-10(15-9(2)13)6-7-11-8-14-12(3,4)16-11/h1,10-11H,6-8H2,2-4H3/t10-,11+/m0/s1. The summed E-state index contributed by atoms with van der Waals surface area (Å²) in [6, 6.07) is 0. The molecule has 0 aromatic heterocycles. The molecule has 16 heavy (non-hydrogen) atoms. The first-order chi connectivity index (χ1) is 7.43. The van der Waals surface area contributed by atoms with Crippen LogP contribution in [0.3, 0.4) is 0 Å². The zero-order valence-corrected chi connectivity index (χ0v) is 9.99. The summed E-state index contributed by atoms with van der Waals surface area (Å²) in [6.07, 6.45) is 6.15. The van der Waals surface area contributed by atoms with Gasteiger partial charge in [-0.05, 0) is 26.7 Å². The van der Waals surface area contributed by atoms with Crippen LogP contribution in [0.5, 0.6) is 0 Å². The lowest BCUT2D eigenvalue weighted by Crippen LogP contribution is -2.22. The third-order valence-electron chi connectivity index (χ3n) is 2.31. The van der Waals surface area contributed by atoms with E-state index in [-0.39, 0.29) is 12.1 Å². The zero-order valence-electron chi connectivity index (χ0n) is 9.99. The minimum absolute atomic E-state index is 0.0291. The number of carbonyl (C=O) groups excluding carboxylic acids is 1. The van der Waals surface area contributed by atoms with Crippen LogP contribution in [0.25, 0.3) is 0 Å². The van der Waals surface area contributed by atoms with Crippen LogP contribution in [0, 0.1) is 12.3 Å². The highest BCUT2D eigenvalue weighted by molar-refractivity contribution is 5.66. The van der Waals surface area contributed by atoms with E-state index in [1.807, 2.05) is 13.8 Å². The van der Waals surface area contributed by atoms with Crippen molar-refractivity contribution < 1.29 is 19.0 Å². The first-order valence-corrected chi connectivity index (χ1v) is 5.38. The Kier molecular flexibility index (Phi) is 4.34. The maximum atomic E-state index is 10.7. The van der Waals surface area contributed by atoms with Crippen molar-refractivity contribution in [3.05, 3.63) is 0 Å². The maximum Gasteiger partial charge on any atom is 0.303 e. The first-order valence-electron chi connectivity index (χ1n) is 5.38. The van der Waals surface area contributed by atoms with Crippen LogP contribution in [0.2, 0.25) is 0 Å². The molecule has 0 aromatic carbocycles.